The van der Waals surface area contributed by atoms with Crippen molar-refractivity contribution < 1.29 is 18.6 Å². The molecule has 8 nitrogen and oxygen atoms in total. The van der Waals surface area contributed by atoms with Crippen LogP contribution in [0.1, 0.15) is 56.6 Å². The van der Waals surface area contributed by atoms with Crippen LogP contribution >= 0.6 is 11.8 Å². The number of hydrogen-bond acceptors (Lipinski definition) is 8. The molecule has 3 aromatic rings. The minimum Gasteiger partial charge on any atom is -0.394 e. The predicted molar refractivity (Wildman–Crippen MR) is 125 cm³/mol. The van der Waals surface area contributed by atoms with Crippen molar-refractivity contribution in [3.8, 4) is 0 Å². The zero-order chi connectivity index (χ0) is 23.7. The van der Waals surface area contributed by atoms with Gasteiger partial charge < -0.3 is 15.2 Å². The number of halogens is 2. The first kappa shape index (κ1) is 23.4. The van der Waals surface area contributed by atoms with Crippen molar-refractivity contribution in [2.45, 2.75) is 68.3 Å². The fourth-order valence-electron chi connectivity index (χ4n) is 4.57. The summed E-state index contributed by atoms with van der Waals surface area (Å²) < 4.78 is 34.6. The van der Waals surface area contributed by atoms with Crippen molar-refractivity contribution in [2.24, 2.45) is 0 Å². The number of thioether (sulfide) groups is 1. The zero-order valence-corrected chi connectivity index (χ0v) is 19.8. The molecule has 4 atom stereocenters. The number of ether oxygens (including phenoxy) is 1. The lowest BCUT2D eigenvalue weighted by Crippen LogP contribution is -2.14. The Kier molecular flexibility index (Phi) is 6.94. The highest BCUT2D eigenvalue weighted by Gasteiger charge is 2.40. The molecule has 2 N–H and O–H groups in total. The largest absolute Gasteiger partial charge is 0.394 e. The molecule has 0 radical (unpaired) electrons. The molecule has 3 unspecified atom stereocenters. The van der Waals surface area contributed by atoms with Crippen molar-refractivity contribution in [1.29, 1.82) is 0 Å². The molecule has 2 aliphatic rings. The van der Waals surface area contributed by atoms with Crippen LogP contribution in [-0.4, -0.2) is 61.2 Å². The molecule has 0 aliphatic heterocycles. The smallest absolute Gasteiger partial charge is 0.191 e. The lowest BCUT2D eigenvalue weighted by molar-refractivity contribution is 0.0309. The van der Waals surface area contributed by atoms with Crippen LogP contribution in [0.4, 0.5) is 14.6 Å². The second kappa shape index (κ2) is 10.1. The molecule has 0 amide bonds. The van der Waals surface area contributed by atoms with E-state index >= 15 is 0 Å². The predicted octanol–water partition coefficient (Wildman–Crippen LogP) is 4.07. The van der Waals surface area contributed by atoms with Gasteiger partial charge in [-0.15, -0.1) is 5.10 Å². The first-order valence-electron chi connectivity index (χ1n) is 11.8. The van der Waals surface area contributed by atoms with Crippen LogP contribution in [0.25, 0.3) is 11.2 Å². The third-order valence-corrected chi connectivity index (χ3v) is 7.42. The van der Waals surface area contributed by atoms with Crippen molar-refractivity contribution >= 4 is 28.7 Å². The maximum absolute atomic E-state index is 13.7. The Morgan fingerprint density at radius 2 is 2.09 bits per heavy atom. The summed E-state index contributed by atoms with van der Waals surface area (Å²) in [7, 11) is 0. The second-order valence-corrected chi connectivity index (χ2v) is 9.92. The van der Waals surface area contributed by atoms with E-state index in [1.807, 2.05) is 4.68 Å². The van der Waals surface area contributed by atoms with Gasteiger partial charge in [0.1, 0.15) is 0 Å². The molecular weight excluding hydrogens is 462 g/mol. The number of nitrogens with zero attached hydrogens (tertiary/aromatic N) is 5. The Hall–Kier alpha value is -2.37. The van der Waals surface area contributed by atoms with Gasteiger partial charge in [-0.05, 0) is 49.8 Å². The van der Waals surface area contributed by atoms with Gasteiger partial charge in [0, 0.05) is 17.7 Å². The SMILES string of the molecule is CCCSc1nc(N[C@@H]2CC2c2ccc(F)c(F)c2)c2nnn(C3CCC(OCCO)C3)c2n1. The highest BCUT2D eigenvalue weighted by atomic mass is 32.2. The Morgan fingerprint density at radius 1 is 1.21 bits per heavy atom. The minimum atomic E-state index is -0.837. The van der Waals surface area contributed by atoms with E-state index in [0.717, 1.165) is 43.4 Å². The molecule has 1 aromatic carbocycles. The molecule has 2 aromatic heterocycles. The number of anilines is 1. The van der Waals surface area contributed by atoms with Gasteiger partial charge in [0.2, 0.25) is 0 Å². The molecule has 2 saturated carbocycles. The van der Waals surface area contributed by atoms with E-state index in [-0.39, 0.29) is 30.7 Å². The number of fused-ring (bicyclic) bond motifs is 1. The van der Waals surface area contributed by atoms with E-state index in [2.05, 4.69) is 22.6 Å². The fraction of sp³-hybridized carbons (Fsp3) is 0.565. The van der Waals surface area contributed by atoms with E-state index in [9.17, 15) is 8.78 Å². The van der Waals surface area contributed by atoms with Crippen molar-refractivity contribution in [1.82, 2.24) is 25.0 Å². The highest BCUT2D eigenvalue weighted by Crippen LogP contribution is 2.44. The molecule has 2 fully saturated rings. The van der Waals surface area contributed by atoms with E-state index in [4.69, 9.17) is 19.8 Å². The Bertz CT molecular complexity index is 1160. The Morgan fingerprint density at radius 3 is 2.88 bits per heavy atom. The quantitative estimate of drug-likeness (QED) is 0.324. The normalized spacial score (nSPS) is 24.1. The number of aliphatic hydroxyl groups excluding tert-OH is 1. The molecule has 11 heteroatoms. The summed E-state index contributed by atoms with van der Waals surface area (Å²) in [4.78, 5) is 9.48. The molecule has 182 valence electrons. The molecule has 0 saturated heterocycles. The summed E-state index contributed by atoms with van der Waals surface area (Å²) in [6, 6.07) is 4.25. The molecular formula is C23H28F2N6O2S. The first-order chi connectivity index (χ1) is 16.6. The lowest BCUT2D eigenvalue weighted by Gasteiger charge is -2.13. The monoisotopic (exact) mass is 490 g/mol. The molecule has 0 bridgehead atoms. The lowest BCUT2D eigenvalue weighted by atomic mass is 10.1. The summed E-state index contributed by atoms with van der Waals surface area (Å²) in [5, 5.41) is 22.0. The molecule has 2 heterocycles. The van der Waals surface area contributed by atoms with Crippen molar-refractivity contribution in [2.75, 3.05) is 24.3 Å². The van der Waals surface area contributed by atoms with Crippen LogP contribution < -0.4 is 5.32 Å². The number of rotatable bonds is 10. The van der Waals surface area contributed by atoms with Crippen LogP contribution in [0.15, 0.2) is 23.4 Å². The van der Waals surface area contributed by atoms with Crippen molar-refractivity contribution in [3.05, 3.63) is 35.4 Å². The Labute approximate surface area is 200 Å². The van der Waals surface area contributed by atoms with Crippen LogP contribution in [0.3, 0.4) is 0 Å². The maximum Gasteiger partial charge on any atom is 0.191 e. The summed E-state index contributed by atoms with van der Waals surface area (Å²) in [5.41, 5.74) is 2.07. The summed E-state index contributed by atoms with van der Waals surface area (Å²) >= 11 is 1.59. The van der Waals surface area contributed by atoms with Gasteiger partial charge in [-0.25, -0.2) is 23.4 Å². The topological polar surface area (TPSA) is 98.0 Å². The first-order valence-corrected chi connectivity index (χ1v) is 12.8. The van der Waals surface area contributed by atoms with Crippen LogP contribution in [0.2, 0.25) is 0 Å². The van der Waals surface area contributed by atoms with E-state index in [1.165, 1.54) is 12.1 Å². The highest BCUT2D eigenvalue weighted by molar-refractivity contribution is 7.99. The Balaban J connectivity index is 1.38. The van der Waals surface area contributed by atoms with Gasteiger partial charge in [-0.3, -0.25) is 0 Å². The standard InChI is InChI=1S/C23H28F2N6O2S/c1-2-9-34-23-27-21(26-19-12-16(19)13-3-6-17(24)18(25)10-13)20-22(28-23)31(30-29-20)14-4-5-15(11-14)33-8-7-32/h3,6,10,14-16,19,32H,2,4-5,7-9,11-12H2,1H3,(H,26,27,28)/t14?,15?,16?,19-/m1/s1. The summed E-state index contributed by atoms with van der Waals surface area (Å²) in [6.45, 7) is 2.46. The molecule has 0 spiro atoms. The molecule has 5 rings (SSSR count). The van der Waals surface area contributed by atoms with E-state index < -0.39 is 11.6 Å². The zero-order valence-electron chi connectivity index (χ0n) is 19.0. The van der Waals surface area contributed by atoms with Gasteiger partial charge in [0.15, 0.2) is 33.8 Å². The number of benzene rings is 1. The minimum absolute atomic E-state index is 0.0143. The number of aliphatic hydroxyl groups is 1. The molecule has 34 heavy (non-hydrogen) atoms. The van der Waals surface area contributed by atoms with Gasteiger partial charge in [-0.2, -0.15) is 0 Å². The van der Waals surface area contributed by atoms with E-state index in [1.54, 1.807) is 17.8 Å². The average molecular weight is 491 g/mol. The van der Waals surface area contributed by atoms with E-state index in [0.29, 0.717) is 28.7 Å². The van der Waals surface area contributed by atoms with Gasteiger partial charge in [0.25, 0.3) is 0 Å². The van der Waals surface area contributed by atoms with Crippen LogP contribution in [0.5, 0.6) is 0 Å². The van der Waals surface area contributed by atoms with Gasteiger partial charge >= 0.3 is 0 Å². The van der Waals surface area contributed by atoms with Crippen molar-refractivity contribution in [3.63, 3.8) is 0 Å². The second-order valence-electron chi connectivity index (χ2n) is 8.86. The van der Waals surface area contributed by atoms with Gasteiger partial charge in [0.05, 0.1) is 25.4 Å². The third-order valence-electron chi connectivity index (χ3n) is 6.37. The number of hydrogen-bond donors (Lipinski definition) is 2. The summed E-state index contributed by atoms with van der Waals surface area (Å²) in [6.07, 6.45) is 4.49. The number of aromatic nitrogens is 5. The fourth-order valence-corrected chi connectivity index (χ4v) is 5.26. The van der Waals surface area contributed by atoms with Crippen LogP contribution in [-0.2, 0) is 4.74 Å². The van der Waals surface area contributed by atoms with Crippen LogP contribution in [0, 0.1) is 11.6 Å². The summed E-state index contributed by atoms with van der Waals surface area (Å²) in [5.74, 6) is -0.0613. The van der Waals surface area contributed by atoms with Gasteiger partial charge in [-0.1, -0.05) is 30.0 Å². The average Bonchev–Trinajstić information content (AvgIpc) is 3.23. The molecule has 2 aliphatic carbocycles. The number of nitrogens with one attached hydrogen (secondary N) is 1. The maximum atomic E-state index is 13.7. The third kappa shape index (κ3) is 4.87.